The van der Waals surface area contributed by atoms with Crippen LogP contribution in [0.3, 0.4) is 0 Å². The molecule has 7 heteroatoms. The molecule has 198 valence electrons. The van der Waals surface area contributed by atoms with Crippen molar-refractivity contribution in [3.05, 3.63) is 89.0 Å². The summed E-state index contributed by atoms with van der Waals surface area (Å²) in [6.07, 6.45) is 0. The van der Waals surface area contributed by atoms with E-state index in [1.54, 1.807) is 61.7 Å². The summed E-state index contributed by atoms with van der Waals surface area (Å²) in [4.78, 5) is 28.4. The number of Topliss-reactive ketones (excluding diaryl/α,β-unsaturated/α-hetero) is 1. The Kier molecular flexibility index (Phi) is 8.05. The van der Waals surface area contributed by atoms with E-state index in [1.807, 2.05) is 39.8 Å². The van der Waals surface area contributed by atoms with Gasteiger partial charge in [-0.25, -0.2) is 0 Å². The minimum Gasteiger partial charge on any atom is -0.507 e. The number of rotatable bonds is 9. The second kappa shape index (κ2) is 11.4. The predicted octanol–water partition coefficient (Wildman–Crippen LogP) is 6.24. The van der Waals surface area contributed by atoms with Crippen molar-refractivity contribution < 1.29 is 28.9 Å². The molecule has 1 atom stereocenters. The highest BCUT2D eigenvalue weighted by Crippen LogP contribution is 2.43. The fourth-order valence-corrected chi connectivity index (χ4v) is 4.69. The molecule has 1 amide bonds. The number of nitrogens with zero attached hydrogens (tertiary/aromatic N) is 1. The van der Waals surface area contributed by atoms with E-state index < -0.39 is 17.7 Å². The van der Waals surface area contributed by atoms with Crippen LogP contribution in [0.15, 0.2) is 72.3 Å². The Bertz CT molecular complexity index is 1340. The molecule has 1 N–H and O–H groups in total. The highest BCUT2D eigenvalue weighted by molar-refractivity contribution is 6.51. The van der Waals surface area contributed by atoms with Crippen molar-refractivity contribution >= 4 is 23.1 Å². The fourth-order valence-electron chi connectivity index (χ4n) is 4.69. The second-order valence-corrected chi connectivity index (χ2v) is 9.21. The molecule has 0 spiro atoms. The first-order valence-corrected chi connectivity index (χ1v) is 12.8. The molecule has 0 aromatic heterocycles. The van der Waals surface area contributed by atoms with Crippen molar-refractivity contribution in [2.24, 2.45) is 0 Å². The normalized spacial score (nSPS) is 16.7. The number of ether oxygens (including phenoxy) is 3. The van der Waals surface area contributed by atoms with Gasteiger partial charge < -0.3 is 19.3 Å². The van der Waals surface area contributed by atoms with Gasteiger partial charge in [0.1, 0.15) is 23.0 Å². The van der Waals surface area contributed by atoms with Gasteiger partial charge >= 0.3 is 0 Å². The number of carbonyl (C=O) groups is 2. The Labute approximate surface area is 223 Å². The molecule has 1 saturated heterocycles. The van der Waals surface area contributed by atoms with Gasteiger partial charge in [0.15, 0.2) is 0 Å². The van der Waals surface area contributed by atoms with Crippen LogP contribution < -0.4 is 19.1 Å². The van der Waals surface area contributed by atoms with Crippen molar-refractivity contribution in [1.29, 1.82) is 0 Å². The lowest BCUT2D eigenvalue weighted by Crippen LogP contribution is -2.29. The number of anilines is 1. The van der Waals surface area contributed by atoms with Crippen molar-refractivity contribution in [2.45, 2.75) is 39.7 Å². The van der Waals surface area contributed by atoms with Gasteiger partial charge in [0.25, 0.3) is 11.7 Å². The smallest absolute Gasteiger partial charge is 0.300 e. The summed E-state index contributed by atoms with van der Waals surface area (Å²) in [6.45, 7) is 8.85. The lowest BCUT2D eigenvalue weighted by atomic mass is 9.93. The van der Waals surface area contributed by atoms with E-state index in [4.69, 9.17) is 14.2 Å². The third-order valence-electron chi connectivity index (χ3n) is 6.50. The van der Waals surface area contributed by atoms with Crippen LogP contribution in [0.25, 0.3) is 5.76 Å². The average Bonchev–Trinajstić information content (AvgIpc) is 3.19. The summed E-state index contributed by atoms with van der Waals surface area (Å²) in [5.41, 5.74) is 2.53. The quantitative estimate of drug-likeness (QED) is 0.206. The van der Waals surface area contributed by atoms with Crippen molar-refractivity contribution in [3.8, 4) is 17.2 Å². The van der Waals surface area contributed by atoms with Gasteiger partial charge in [-0.1, -0.05) is 26.0 Å². The molecule has 4 rings (SSSR count). The van der Waals surface area contributed by atoms with Gasteiger partial charge in [-0.05, 0) is 85.5 Å². The molecule has 3 aromatic carbocycles. The number of hydrogen-bond donors (Lipinski definition) is 1. The minimum atomic E-state index is -0.840. The molecule has 38 heavy (non-hydrogen) atoms. The molecule has 1 aliphatic heterocycles. The van der Waals surface area contributed by atoms with Gasteiger partial charge in [0.05, 0.1) is 31.9 Å². The second-order valence-electron chi connectivity index (χ2n) is 9.21. The summed E-state index contributed by atoms with van der Waals surface area (Å²) < 4.78 is 16.6. The number of amides is 1. The van der Waals surface area contributed by atoms with E-state index >= 15 is 0 Å². The first-order chi connectivity index (χ1) is 18.3. The molecule has 1 heterocycles. The summed E-state index contributed by atoms with van der Waals surface area (Å²) >= 11 is 0. The number of carbonyl (C=O) groups excluding carboxylic acids is 2. The molecule has 1 aliphatic rings. The summed E-state index contributed by atoms with van der Waals surface area (Å²) in [5.74, 6) is 0.431. The average molecular weight is 516 g/mol. The van der Waals surface area contributed by atoms with Gasteiger partial charge in [0, 0.05) is 11.3 Å². The Morgan fingerprint density at radius 3 is 2.00 bits per heavy atom. The monoisotopic (exact) mass is 515 g/mol. The van der Waals surface area contributed by atoms with Crippen LogP contribution in [0.5, 0.6) is 17.2 Å². The number of ketones is 1. The Morgan fingerprint density at radius 1 is 0.895 bits per heavy atom. The van der Waals surface area contributed by atoms with Crippen molar-refractivity contribution in [1.82, 2.24) is 0 Å². The summed E-state index contributed by atoms with van der Waals surface area (Å²) in [7, 11) is 1.59. The molecule has 0 aliphatic carbocycles. The van der Waals surface area contributed by atoms with Gasteiger partial charge in [-0.2, -0.15) is 0 Å². The third-order valence-corrected chi connectivity index (χ3v) is 6.50. The maximum Gasteiger partial charge on any atom is 0.300 e. The van der Waals surface area contributed by atoms with Gasteiger partial charge in [0.2, 0.25) is 0 Å². The summed E-state index contributed by atoms with van der Waals surface area (Å²) in [6, 6.07) is 18.6. The zero-order valence-electron chi connectivity index (χ0n) is 22.4. The molecule has 0 saturated carbocycles. The van der Waals surface area contributed by atoms with Gasteiger partial charge in [-0.3, -0.25) is 14.5 Å². The number of methoxy groups -OCH3 is 1. The van der Waals surface area contributed by atoms with Crippen LogP contribution in [-0.2, 0) is 9.59 Å². The van der Waals surface area contributed by atoms with Crippen LogP contribution in [0, 0.1) is 0 Å². The lowest BCUT2D eigenvalue weighted by Gasteiger charge is -2.26. The topological polar surface area (TPSA) is 85.3 Å². The first kappa shape index (κ1) is 26.8. The van der Waals surface area contributed by atoms with Crippen LogP contribution in [0.2, 0.25) is 0 Å². The number of benzene rings is 3. The van der Waals surface area contributed by atoms with Crippen LogP contribution in [-0.4, -0.2) is 37.1 Å². The molecule has 3 aromatic rings. The van der Waals surface area contributed by atoms with Gasteiger partial charge in [-0.15, -0.1) is 0 Å². The van der Waals surface area contributed by atoms with E-state index in [2.05, 4.69) is 0 Å². The zero-order valence-corrected chi connectivity index (χ0v) is 22.4. The van der Waals surface area contributed by atoms with E-state index in [9.17, 15) is 14.7 Å². The number of aliphatic hydroxyl groups is 1. The molecular formula is C31H33NO6. The number of hydrogen-bond acceptors (Lipinski definition) is 6. The Hall–Kier alpha value is -4.26. The molecular weight excluding hydrogens is 482 g/mol. The molecule has 1 unspecified atom stereocenters. The van der Waals surface area contributed by atoms with Crippen LogP contribution in [0.4, 0.5) is 5.69 Å². The first-order valence-electron chi connectivity index (χ1n) is 12.8. The zero-order chi connectivity index (χ0) is 27.4. The maximum absolute atomic E-state index is 13.5. The number of aliphatic hydroxyl groups excluding tert-OH is 1. The Balaban J connectivity index is 1.89. The summed E-state index contributed by atoms with van der Waals surface area (Å²) in [5, 5.41) is 11.5. The van der Waals surface area contributed by atoms with Crippen LogP contribution in [0.1, 0.15) is 56.3 Å². The molecule has 1 fully saturated rings. The fraction of sp³-hybridized carbons (Fsp3) is 0.290. The Morgan fingerprint density at radius 2 is 1.47 bits per heavy atom. The largest absolute Gasteiger partial charge is 0.507 e. The lowest BCUT2D eigenvalue weighted by molar-refractivity contribution is -0.132. The highest BCUT2D eigenvalue weighted by atomic mass is 16.5. The molecule has 0 radical (unpaired) electrons. The molecule has 7 nitrogen and oxygen atoms in total. The van der Waals surface area contributed by atoms with Crippen molar-refractivity contribution in [2.75, 3.05) is 25.2 Å². The minimum absolute atomic E-state index is 0.0212. The van der Waals surface area contributed by atoms with E-state index in [0.717, 1.165) is 5.56 Å². The third kappa shape index (κ3) is 5.09. The molecule has 0 bridgehead atoms. The SMILES string of the molecule is CCOc1ccc(C2/C(=C(/O)c3ccc(OC)c(C(C)C)c3)C(=O)C(=O)N2c2ccc(OCC)cc2)cc1. The predicted molar refractivity (Wildman–Crippen MR) is 147 cm³/mol. The van der Waals surface area contributed by atoms with Crippen LogP contribution >= 0.6 is 0 Å². The standard InChI is InChI=1S/C31H33NO6/c1-6-37-23-13-8-20(9-14-23)28-27(29(33)21-10-17-26(36-5)25(18-21)19(3)4)30(34)31(35)32(28)22-11-15-24(16-12-22)38-7-2/h8-19,28,33H,6-7H2,1-5H3/b29-27-. The highest BCUT2D eigenvalue weighted by Gasteiger charge is 2.47. The van der Waals surface area contributed by atoms with E-state index in [1.165, 1.54) is 4.90 Å². The van der Waals surface area contributed by atoms with E-state index in [-0.39, 0.29) is 17.3 Å². The van der Waals surface area contributed by atoms with E-state index in [0.29, 0.717) is 47.3 Å². The van der Waals surface area contributed by atoms with Crippen molar-refractivity contribution in [3.63, 3.8) is 0 Å². The maximum atomic E-state index is 13.5.